The molecule has 1 spiro atoms. The Morgan fingerprint density at radius 2 is 1.93 bits per heavy atom. The predicted molar refractivity (Wildman–Crippen MR) is 54.0 cm³/mol. The number of carbonyl (C=O) groups excluding carboxylic acids is 2. The van der Waals surface area contributed by atoms with Crippen LogP contribution in [0.5, 0.6) is 0 Å². The maximum Gasteiger partial charge on any atom is 0.227 e. The van der Waals surface area contributed by atoms with Crippen molar-refractivity contribution in [2.24, 2.45) is 5.41 Å². The Kier molecular flexibility index (Phi) is 1.89. The Hall–Kier alpha value is -0.900. The van der Waals surface area contributed by atoms with Crippen molar-refractivity contribution in [3.8, 4) is 0 Å². The minimum atomic E-state index is -0.0694. The average Bonchev–Trinajstić information content (AvgIpc) is 2.69. The standard InChI is InChI=1S/C11H16N2O2/c14-9-6-11(7-10(15)12-9)3-5-13-4-1-2-8(11)13/h8H,1-7H2,(H,12,14,15). The number of hydrogen-bond acceptors (Lipinski definition) is 3. The SMILES string of the molecule is O=C1CC2(CCN3CCCC32)CC(=O)N1. The van der Waals surface area contributed by atoms with Crippen LogP contribution in [0.2, 0.25) is 0 Å². The Bertz CT molecular complexity index is 311. The molecule has 0 aromatic carbocycles. The quantitative estimate of drug-likeness (QED) is 0.582. The number of rotatable bonds is 0. The number of imide groups is 1. The van der Waals surface area contributed by atoms with E-state index >= 15 is 0 Å². The molecule has 3 fully saturated rings. The van der Waals surface area contributed by atoms with Crippen LogP contribution in [0.1, 0.15) is 32.1 Å². The molecule has 1 N–H and O–H groups in total. The van der Waals surface area contributed by atoms with E-state index in [1.807, 2.05) is 0 Å². The molecule has 1 atom stereocenters. The van der Waals surface area contributed by atoms with Gasteiger partial charge in [0.25, 0.3) is 0 Å². The summed E-state index contributed by atoms with van der Waals surface area (Å²) < 4.78 is 0. The van der Waals surface area contributed by atoms with Crippen LogP contribution in [0.3, 0.4) is 0 Å². The van der Waals surface area contributed by atoms with Gasteiger partial charge in [0, 0.05) is 24.3 Å². The van der Waals surface area contributed by atoms with Gasteiger partial charge in [0.15, 0.2) is 0 Å². The maximum atomic E-state index is 11.5. The van der Waals surface area contributed by atoms with Crippen LogP contribution in [0, 0.1) is 5.41 Å². The molecule has 0 aromatic heterocycles. The zero-order valence-corrected chi connectivity index (χ0v) is 8.79. The highest BCUT2D eigenvalue weighted by Gasteiger charge is 2.52. The average molecular weight is 208 g/mol. The summed E-state index contributed by atoms with van der Waals surface area (Å²) in [5.41, 5.74) is -0.0179. The van der Waals surface area contributed by atoms with Crippen LogP contribution in [0.25, 0.3) is 0 Å². The topological polar surface area (TPSA) is 49.4 Å². The van der Waals surface area contributed by atoms with Crippen molar-refractivity contribution in [1.29, 1.82) is 0 Å². The summed E-state index contributed by atoms with van der Waals surface area (Å²) in [4.78, 5) is 25.4. The first-order chi connectivity index (χ1) is 7.20. The number of nitrogens with one attached hydrogen (secondary N) is 1. The van der Waals surface area contributed by atoms with E-state index in [1.54, 1.807) is 0 Å². The van der Waals surface area contributed by atoms with Gasteiger partial charge in [-0.3, -0.25) is 19.8 Å². The molecule has 0 aliphatic carbocycles. The van der Waals surface area contributed by atoms with Crippen molar-refractivity contribution in [1.82, 2.24) is 10.2 Å². The fourth-order valence-corrected chi connectivity index (χ4v) is 3.68. The first-order valence-electron chi connectivity index (χ1n) is 5.76. The van der Waals surface area contributed by atoms with E-state index in [4.69, 9.17) is 0 Å². The van der Waals surface area contributed by atoms with Crippen LogP contribution in [-0.4, -0.2) is 35.8 Å². The number of fused-ring (bicyclic) bond motifs is 2. The first-order valence-corrected chi connectivity index (χ1v) is 5.76. The van der Waals surface area contributed by atoms with E-state index in [0.717, 1.165) is 19.5 Å². The molecule has 3 rings (SSSR count). The van der Waals surface area contributed by atoms with Crippen molar-refractivity contribution in [2.45, 2.75) is 38.1 Å². The van der Waals surface area contributed by atoms with E-state index in [9.17, 15) is 9.59 Å². The van der Waals surface area contributed by atoms with Gasteiger partial charge in [-0.25, -0.2) is 0 Å². The Morgan fingerprint density at radius 1 is 1.20 bits per heavy atom. The third-order valence-corrected chi connectivity index (χ3v) is 4.27. The molecular weight excluding hydrogens is 192 g/mol. The lowest BCUT2D eigenvalue weighted by Crippen LogP contribution is -2.49. The fraction of sp³-hybridized carbons (Fsp3) is 0.818. The molecular formula is C11H16N2O2. The molecule has 15 heavy (non-hydrogen) atoms. The van der Waals surface area contributed by atoms with Crippen LogP contribution in [0.15, 0.2) is 0 Å². The lowest BCUT2D eigenvalue weighted by atomic mass is 9.71. The largest absolute Gasteiger partial charge is 0.300 e. The summed E-state index contributed by atoms with van der Waals surface area (Å²) in [7, 11) is 0. The predicted octanol–water partition coefficient (Wildman–Crippen LogP) is 0.278. The molecule has 4 nitrogen and oxygen atoms in total. The summed E-state index contributed by atoms with van der Waals surface area (Å²) in [5.74, 6) is -0.139. The van der Waals surface area contributed by atoms with Gasteiger partial charge in [0.1, 0.15) is 0 Å². The molecule has 2 amide bonds. The van der Waals surface area contributed by atoms with Gasteiger partial charge in [-0.15, -0.1) is 0 Å². The Morgan fingerprint density at radius 3 is 2.67 bits per heavy atom. The van der Waals surface area contributed by atoms with Crippen molar-refractivity contribution >= 4 is 11.8 Å². The summed E-state index contributed by atoms with van der Waals surface area (Å²) in [6.07, 6.45) is 4.53. The second-order valence-electron chi connectivity index (χ2n) is 5.13. The minimum Gasteiger partial charge on any atom is -0.300 e. The summed E-state index contributed by atoms with van der Waals surface area (Å²) >= 11 is 0. The van der Waals surface area contributed by atoms with E-state index in [1.165, 1.54) is 12.8 Å². The van der Waals surface area contributed by atoms with Crippen LogP contribution >= 0.6 is 0 Å². The van der Waals surface area contributed by atoms with Crippen molar-refractivity contribution in [2.75, 3.05) is 13.1 Å². The van der Waals surface area contributed by atoms with Crippen molar-refractivity contribution in [3.05, 3.63) is 0 Å². The highest BCUT2D eigenvalue weighted by Crippen LogP contribution is 2.48. The molecule has 3 aliphatic heterocycles. The van der Waals surface area contributed by atoms with Crippen molar-refractivity contribution in [3.63, 3.8) is 0 Å². The molecule has 3 heterocycles. The molecule has 0 bridgehead atoms. The van der Waals surface area contributed by atoms with E-state index in [0.29, 0.717) is 18.9 Å². The van der Waals surface area contributed by atoms with Gasteiger partial charge >= 0.3 is 0 Å². The molecule has 0 aromatic rings. The molecule has 3 aliphatic rings. The van der Waals surface area contributed by atoms with Gasteiger partial charge in [-0.2, -0.15) is 0 Å². The molecule has 3 saturated heterocycles. The van der Waals surface area contributed by atoms with Gasteiger partial charge in [-0.1, -0.05) is 0 Å². The van der Waals surface area contributed by atoms with Gasteiger partial charge < -0.3 is 0 Å². The number of amides is 2. The molecule has 0 radical (unpaired) electrons. The smallest absolute Gasteiger partial charge is 0.227 e. The molecule has 0 saturated carbocycles. The number of piperidine rings is 1. The highest BCUT2D eigenvalue weighted by molar-refractivity contribution is 5.98. The van der Waals surface area contributed by atoms with Gasteiger partial charge in [-0.05, 0) is 32.4 Å². The second-order valence-corrected chi connectivity index (χ2v) is 5.13. The normalized spacial score (nSPS) is 34.5. The Labute approximate surface area is 89.0 Å². The van der Waals surface area contributed by atoms with Gasteiger partial charge in [0.2, 0.25) is 11.8 Å². The summed E-state index contributed by atoms with van der Waals surface area (Å²) in [5, 5.41) is 2.41. The summed E-state index contributed by atoms with van der Waals surface area (Å²) in [6.45, 7) is 2.23. The van der Waals surface area contributed by atoms with Crippen LogP contribution in [-0.2, 0) is 9.59 Å². The molecule has 82 valence electrons. The highest BCUT2D eigenvalue weighted by atomic mass is 16.2. The number of hydrogen-bond donors (Lipinski definition) is 1. The number of nitrogens with zero attached hydrogens (tertiary/aromatic N) is 1. The van der Waals surface area contributed by atoms with Crippen molar-refractivity contribution < 1.29 is 9.59 Å². The van der Waals surface area contributed by atoms with E-state index in [-0.39, 0.29) is 17.2 Å². The lowest BCUT2D eigenvalue weighted by molar-refractivity contribution is -0.138. The fourth-order valence-electron chi connectivity index (χ4n) is 3.68. The van der Waals surface area contributed by atoms with Crippen LogP contribution in [0.4, 0.5) is 0 Å². The number of carbonyl (C=O) groups is 2. The molecule has 4 heteroatoms. The maximum absolute atomic E-state index is 11.5. The van der Waals surface area contributed by atoms with E-state index in [2.05, 4.69) is 10.2 Å². The third kappa shape index (κ3) is 1.31. The third-order valence-electron chi connectivity index (χ3n) is 4.27. The zero-order chi connectivity index (χ0) is 10.5. The van der Waals surface area contributed by atoms with Gasteiger partial charge in [0.05, 0.1) is 0 Å². The van der Waals surface area contributed by atoms with E-state index < -0.39 is 0 Å². The summed E-state index contributed by atoms with van der Waals surface area (Å²) in [6, 6.07) is 0.493. The Balaban J connectivity index is 1.89. The monoisotopic (exact) mass is 208 g/mol. The minimum absolute atomic E-state index is 0.0179. The zero-order valence-electron chi connectivity index (χ0n) is 8.79. The molecule has 1 unspecified atom stereocenters. The van der Waals surface area contributed by atoms with Crippen LogP contribution < -0.4 is 5.32 Å². The second kappa shape index (κ2) is 3.04. The first kappa shape index (κ1) is 9.33. The lowest BCUT2D eigenvalue weighted by Gasteiger charge is -2.37.